The van der Waals surface area contributed by atoms with Crippen molar-refractivity contribution in [3.05, 3.63) is 101 Å². The summed E-state index contributed by atoms with van der Waals surface area (Å²) >= 11 is 1.48. The van der Waals surface area contributed by atoms with Crippen LogP contribution >= 0.6 is 11.8 Å². The van der Waals surface area contributed by atoms with Gasteiger partial charge in [-0.05, 0) is 61.9 Å². The fraction of sp³-hybridized carbons (Fsp3) is 0.222. The van der Waals surface area contributed by atoms with Crippen LogP contribution in [0, 0.1) is 5.82 Å². The molecular weight excluding hydrogens is 449 g/mol. The number of benzene rings is 3. The van der Waals surface area contributed by atoms with Gasteiger partial charge in [0.15, 0.2) is 0 Å². The molecule has 5 nitrogen and oxygen atoms in total. The molecule has 7 heteroatoms. The minimum atomic E-state index is -0.466. The normalized spacial score (nSPS) is 12.0. The molecule has 0 aliphatic rings. The standard InChI is InChI=1S/C27H26FN3O2S/c1-3-17-30(25(32)18-34-22-9-5-4-6-10-22)19(2)26-29-24-12-8-7-11-23(24)27(33)31(26)21-15-13-20(28)14-16-21/h4-16,19H,3,17-18H2,1-2H3. The fourth-order valence-corrected chi connectivity index (χ4v) is 4.73. The number of rotatable bonds is 8. The number of halogens is 1. The van der Waals surface area contributed by atoms with E-state index in [-0.39, 0.29) is 23.0 Å². The molecular formula is C27H26FN3O2S. The quantitative estimate of drug-likeness (QED) is 0.311. The molecule has 1 aromatic heterocycles. The molecule has 1 unspecified atom stereocenters. The second-order valence-electron chi connectivity index (χ2n) is 7.97. The first kappa shape index (κ1) is 23.7. The van der Waals surface area contributed by atoms with Crippen molar-refractivity contribution >= 4 is 28.6 Å². The third-order valence-electron chi connectivity index (χ3n) is 5.62. The molecule has 0 spiro atoms. The zero-order valence-electron chi connectivity index (χ0n) is 19.1. The maximum absolute atomic E-state index is 13.6. The molecule has 0 N–H and O–H groups in total. The Kier molecular flexibility index (Phi) is 7.43. The summed E-state index contributed by atoms with van der Waals surface area (Å²) in [5.74, 6) is 0.307. The van der Waals surface area contributed by atoms with Gasteiger partial charge in [-0.3, -0.25) is 14.2 Å². The predicted octanol–water partition coefficient (Wildman–Crippen LogP) is 5.62. The molecule has 34 heavy (non-hydrogen) atoms. The number of thioether (sulfide) groups is 1. The summed E-state index contributed by atoms with van der Waals surface area (Å²) in [7, 11) is 0. The number of hydrogen-bond acceptors (Lipinski definition) is 4. The molecule has 4 aromatic rings. The second-order valence-corrected chi connectivity index (χ2v) is 9.02. The Labute approximate surface area is 202 Å². The van der Waals surface area contributed by atoms with Crippen molar-refractivity contribution in [3.8, 4) is 5.69 Å². The average Bonchev–Trinajstić information content (AvgIpc) is 2.87. The lowest BCUT2D eigenvalue weighted by Crippen LogP contribution is -2.38. The highest BCUT2D eigenvalue weighted by Gasteiger charge is 2.26. The molecule has 0 saturated heterocycles. The molecule has 0 aliphatic carbocycles. The number of hydrogen-bond donors (Lipinski definition) is 0. The van der Waals surface area contributed by atoms with E-state index in [1.165, 1.54) is 28.5 Å². The zero-order valence-corrected chi connectivity index (χ0v) is 20.0. The van der Waals surface area contributed by atoms with Crippen LogP contribution in [0.5, 0.6) is 0 Å². The number of carbonyl (C=O) groups is 1. The molecule has 4 rings (SSSR count). The van der Waals surface area contributed by atoms with Gasteiger partial charge in [0.25, 0.3) is 5.56 Å². The van der Waals surface area contributed by atoms with Gasteiger partial charge in [-0.25, -0.2) is 9.37 Å². The number of fused-ring (bicyclic) bond motifs is 1. The van der Waals surface area contributed by atoms with Crippen LogP contribution in [0.4, 0.5) is 4.39 Å². The van der Waals surface area contributed by atoms with Crippen molar-refractivity contribution in [2.75, 3.05) is 12.3 Å². The third-order valence-corrected chi connectivity index (χ3v) is 6.61. The summed E-state index contributed by atoms with van der Waals surface area (Å²) in [5.41, 5.74) is 0.825. The Morgan fingerprint density at radius 3 is 2.41 bits per heavy atom. The minimum absolute atomic E-state index is 0.0312. The fourth-order valence-electron chi connectivity index (χ4n) is 3.93. The molecule has 0 bridgehead atoms. The molecule has 1 atom stereocenters. The van der Waals surface area contributed by atoms with Crippen LogP contribution in [0.15, 0.2) is 88.6 Å². The topological polar surface area (TPSA) is 55.2 Å². The lowest BCUT2D eigenvalue weighted by atomic mass is 10.1. The SMILES string of the molecule is CCCN(C(=O)CSc1ccccc1)C(C)c1nc2ccccc2c(=O)n1-c1ccc(F)cc1. The van der Waals surface area contributed by atoms with E-state index in [0.29, 0.717) is 29.0 Å². The lowest BCUT2D eigenvalue weighted by molar-refractivity contribution is -0.130. The van der Waals surface area contributed by atoms with E-state index in [0.717, 1.165) is 11.3 Å². The van der Waals surface area contributed by atoms with Crippen LogP contribution in [0.3, 0.4) is 0 Å². The first-order valence-corrected chi connectivity index (χ1v) is 12.2. The van der Waals surface area contributed by atoms with E-state index in [2.05, 4.69) is 0 Å². The average molecular weight is 476 g/mol. The van der Waals surface area contributed by atoms with Crippen molar-refractivity contribution in [2.24, 2.45) is 0 Å². The second kappa shape index (κ2) is 10.7. The van der Waals surface area contributed by atoms with E-state index >= 15 is 0 Å². The molecule has 0 fully saturated rings. The number of nitrogens with zero attached hydrogens (tertiary/aromatic N) is 3. The van der Waals surface area contributed by atoms with Gasteiger partial charge in [-0.2, -0.15) is 0 Å². The molecule has 1 heterocycles. The van der Waals surface area contributed by atoms with Crippen molar-refractivity contribution in [1.29, 1.82) is 0 Å². The Balaban J connectivity index is 1.76. The molecule has 0 aliphatic heterocycles. The van der Waals surface area contributed by atoms with E-state index in [1.54, 1.807) is 35.2 Å². The smallest absolute Gasteiger partial charge is 0.266 e. The van der Waals surface area contributed by atoms with Gasteiger partial charge in [0.1, 0.15) is 11.6 Å². The van der Waals surface area contributed by atoms with E-state index in [1.807, 2.05) is 50.2 Å². The van der Waals surface area contributed by atoms with Gasteiger partial charge in [0.2, 0.25) is 5.91 Å². The Morgan fingerprint density at radius 1 is 1.03 bits per heavy atom. The summed E-state index contributed by atoms with van der Waals surface area (Å²) in [6.07, 6.45) is 0.764. The highest BCUT2D eigenvalue weighted by Crippen LogP contribution is 2.25. The van der Waals surface area contributed by atoms with Crippen molar-refractivity contribution < 1.29 is 9.18 Å². The number of amides is 1. The summed E-state index contributed by atoms with van der Waals surface area (Å²) in [4.78, 5) is 34.4. The van der Waals surface area contributed by atoms with Crippen LogP contribution in [0.1, 0.15) is 32.1 Å². The number of para-hydroxylation sites is 1. The third kappa shape index (κ3) is 5.04. The monoisotopic (exact) mass is 475 g/mol. The van der Waals surface area contributed by atoms with E-state index in [4.69, 9.17) is 4.98 Å². The zero-order chi connectivity index (χ0) is 24.1. The van der Waals surface area contributed by atoms with E-state index < -0.39 is 6.04 Å². The highest BCUT2D eigenvalue weighted by atomic mass is 32.2. The molecule has 0 radical (unpaired) electrons. The van der Waals surface area contributed by atoms with Crippen molar-refractivity contribution in [2.45, 2.75) is 31.2 Å². The molecule has 0 saturated carbocycles. The molecule has 1 amide bonds. The van der Waals surface area contributed by atoms with Crippen LogP contribution < -0.4 is 5.56 Å². The first-order valence-electron chi connectivity index (χ1n) is 11.2. The van der Waals surface area contributed by atoms with Gasteiger partial charge >= 0.3 is 0 Å². The van der Waals surface area contributed by atoms with Crippen molar-refractivity contribution in [3.63, 3.8) is 0 Å². The van der Waals surface area contributed by atoms with Crippen LogP contribution in [0.25, 0.3) is 16.6 Å². The lowest BCUT2D eigenvalue weighted by Gasteiger charge is -2.30. The Morgan fingerprint density at radius 2 is 1.71 bits per heavy atom. The van der Waals surface area contributed by atoms with Gasteiger partial charge in [-0.15, -0.1) is 11.8 Å². The largest absolute Gasteiger partial charge is 0.332 e. The van der Waals surface area contributed by atoms with Crippen LogP contribution in [0.2, 0.25) is 0 Å². The van der Waals surface area contributed by atoms with Crippen molar-refractivity contribution in [1.82, 2.24) is 14.5 Å². The number of carbonyl (C=O) groups excluding carboxylic acids is 1. The predicted molar refractivity (Wildman–Crippen MR) is 135 cm³/mol. The molecule has 3 aromatic carbocycles. The van der Waals surface area contributed by atoms with Gasteiger partial charge in [0, 0.05) is 11.4 Å². The van der Waals surface area contributed by atoms with Crippen LogP contribution in [-0.2, 0) is 4.79 Å². The maximum atomic E-state index is 13.6. The van der Waals surface area contributed by atoms with Gasteiger partial charge in [-0.1, -0.05) is 37.3 Å². The molecule has 174 valence electrons. The first-order chi connectivity index (χ1) is 16.5. The highest BCUT2D eigenvalue weighted by molar-refractivity contribution is 8.00. The maximum Gasteiger partial charge on any atom is 0.266 e. The van der Waals surface area contributed by atoms with Gasteiger partial charge in [0.05, 0.1) is 28.4 Å². The Hall–Kier alpha value is -3.45. The minimum Gasteiger partial charge on any atom is -0.332 e. The summed E-state index contributed by atoms with van der Waals surface area (Å²) < 4.78 is 15.1. The summed E-state index contributed by atoms with van der Waals surface area (Å²) in [6.45, 7) is 4.43. The summed E-state index contributed by atoms with van der Waals surface area (Å²) in [5, 5.41) is 0.468. The summed E-state index contributed by atoms with van der Waals surface area (Å²) in [6, 6.07) is 22.2. The number of aromatic nitrogens is 2. The Bertz CT molecular complexity index is 1340. The van der Waals surface area contributed by atoms with Crippen LogP contribution in [-0.4, -0.2) is 32.7 Å². The van der Waals surface area contributed by atoms with Gasteiger partial charge < -0.3 is 4.90 Å². The van der Waals surface area contributed by atoms with E-state index in [9.17, 15) is 14.0 Å².